The van der Waals surface area contributed by atoms with Crippen LogP contribution in [-0.2, 0) is 23.7 Å². The molecule has 0 bridgehead atoms. The lowest BCUT2D eigenvalue weighted by atomic mass is 9.69. The normalized spacial score (nSPS) is 49.0. The van der Waals surface area contributed by atoms with Gasteiger partial charge in [-0.2, -0.15) is 0 Å². The highest BCUT2D eigenvalue weighted by Crippen LogP contribution is 2.39. The Morgan fingerprint density at radius 3 is 2.07 bits per heavy atom. The number of carbonyl (C=O) groups is 1. The number of Topliss-reactive ketones (excluding diaryl/α,β-unsaturated/α-hetero) is 1. The molecular formula is C27H50N4O14. The van der Waals surface area contributed by atoms with Crippen LogP contribution in [0.15, 0.2) is 0 Å². The standard InChI is InChI=1S/C27H50N4O14/c28-11-6-27(41,7-11)15(34)5-10-4-12(29)24(22(40)23(10)44-25-19(37)16(30)17(35)14(9-33)43-25)45-26-21(39)20(38)18(36)13(42-26)8-31-2-1-3-32/h10-14,16-26,31-33,35-41H,1-9,28-30H2/t10-,11?,12-,13+,14+,16-,17+,18+,19+,20-,21+,22+,23-,24?,25+,26+,27?/m0/s1. The van der Waals surface area contributed by atoms with Gasteiger partial charge in [0.05, 0.1) is 18.8 Å². The first-order valence-corrected chi connectivity index (χ1v) is 15.4. The van der Waals surface area contributed by atoms with Gasteiger partial charge in [0.2, 0.25) is 0 Å². The Bertz CT molecular complexity index is 962. The Morgan fingerprint density at radius 1 is 0.822 bits per heavy atom. The number of aliphatic hydroxyl groups is 9. The van der Waals surface area contributed by atoms with Crippen LogP contribution in [0.4, 0.5) is 0 Å². The minimum absolute atomic E-state index is 0.0265. The molecule has 4 aliphatic rings. The van der Waals surface area contributed by atoms with E-state index in [-0.39, 0.29) is 44.9 Å². The summed E-state index contributed by atoms with van der Waals surface area (Å²) in [7, 11) is 0. The summed E-state index contributed by atoms with van der Waals surface area (Å²) < 4.78 is 23.2. The number of carbonyl (C=O) groups excluding carboxylic acids is 1. The second-order valence-corrected chi connectivity index (χ2v) is 12.8. The molecule has 2 saturated heterocycles. The molecule has 0 amide bonds. The smallest absolute Gasteiger partial charge is 0.187 e. The van der Waals surface area contributed by atoms with E-state index >= 15 is 0 Å². The maximum atomic E-state index is 13.1. The fraction of sp³-hybridized carbons (Fsp3) is 0.963. The number of aliphatic hydroxyl groups excluding tert-OH is 8. The number of nitrogens with two attached hydrogens (primary N) is 3. The summed E-state index contributed by atoms with van der Waals surface area (Å²) in [6.07, 6.45) is -17.6. The van der Waals surface area contributed by atoms with Crippen molar-refractivity contribution in [3.05, 3.63) is 0 Å². The van der Waals surface area contributed by atoms with Gasteiger partial charge in [0.25, 0.3) is 0 Å². The lowest BCUT2D eigenvalue weighted by molar-refractivity contribution is -0.335. The summed E-state index contributed by atoms with van der Waals surface area (Å²) in [4.78, 5) is 13.1. The topological polar surface area (TPSA) is 326 Å². The number of ether oxygens (including phenoxy) is 4. The summed E-state index contributed by atoms with van der Waals surface area (Å²) in [5, 5.41) is 96.4. The first-order chi connectivity index (χ1) is 21.2. The Hall–Kier alpha value is -1.01. The van der Waals surface area contributed by atoms with Crippen molar-refractivity contribution in [2.75, 3.05) is 26.3 Å². The van der Waals surface area contributed by atoms with Crippen molar-refractivity contribution >= 4 is 5.78 Å². The van der Waals surface area contributed by atoms with E-state index in [1.807, 2.05) is 0 Å². The van der Waals surface area contributed by atoms with Gasteiger partial charge in [-0.1, -0.05) is 0 Å². The molecule has 0 aromatic heterocycles. The zero-order chi connectivity index (χ0) is 33.2. The average Bonchev–Trinajstić information content (AvgIpc) is 2.99. The fourth-order valence-corrected chi connectivity index (χ4v) is 6.56. The summed E-state index contributed by atoms with van der Waals surface area (Å²) >= 11 is 0. The summed E-state index contributed by atoms with van der Waals surface area (Å²) in [6, 6.07) is -2.64. The predicted molar refractivity (Wildman–Crippen MR) is 151 cm³/mol. The van der Waals surface area contributed by atoms with Crippen LogP contribution in [0.1, 0.15) is 32.1 Å². The van der Waals surface area contributed by atoms with E-state index in [2.05, 4.69) is 5.32 Å². The van der Waals surface area contributed by atoms with Crippen LogP contribution in [0.3, 0.4) is 0 Å². The lowest BCUT2D eigenvalue weighted by Gasteiger charge is -2.49. The van der Waals surface area contributed by atoms with Crippen LogP contribution in [0.25, 0.3) is 0 Å². The zero-order valence-electron chi connectivity index (χ0n) is 24.9. The lowest BCUT2D eigenvalue weighted by Crippen LogP contribution is -2.67. The van der Waals surface area contributed by atoms with E-state index in [0.717, 1.165) is 0 Å². The third-order valence-corrected chi connectivity index (χ3v) is 9.35. The molecule has 2 aliphatic heterocycles. The van der Waals surface area contributed by atoms with Gasteiger partial charge in [-0.25, -0.2) is 0 Å². The van der Waals surface area contributed by atoms with Gasteiger partial charge >= 0.3 is 0 Å². The van der Waals surface area contributed by atoms with Crippen molar-refractivity contribution in [1.82, 2.24) is 5.32 Å². The van der Waals surface area contributed by atoms with Crippen LogP contribution in [0, 0.1) is 5.92 Å². The van der Waals surface area contributed by atoms with Crippen molar-refractivity contribution in [2.24, 2.45) is 23.1 Å². The SMILES string of the molecule is NC1CC(O)(C(=O)C[C@@H]2C[C@H](N)C(O[C@H]3O[C@H](CNCCCO)[C@@H](O)[C@H](O)[C@H]3O)[C@H](O)[C@H]2O[C@H]2O[C@H](CO)[C@@H](O)[C@H](N)[C@H]2O)C1. The number of ketones is 1. The number of hydrogen-bond donors (Lipinski definition) is 13. The molecule has 2 aliphatic carbocycles. The molecule has 0 aromatic rings. The Balaban J connectivity index is 1.53. The molecule has 2 heterocycles. The first-order valence-electron chi connectivity index (χ1n) is 15.4. The number of nitrogens with one attached hydrogen (secondary N) is 1. The zero-order valence-corrected chi connectivity index (χ0v) is 24.9. The van der Waals surface area contributed by atoms with Crippen molar-refractivity contribution in [2.45, 2.75) is 129 Å². The van der Waals surface area contributed by atoms with Crippen molar-refractivity contribution in [1.29, 1.82) is 0 Å². The quantitative estimate of drug-likeness (QED) is 0.0820. The first kappa shape index (κ1) is 36.8. The molecule has 0 spiro atoms. The maximum absolute atomic E-state index is 13.1. The monoisotopic (exact) mass is 654 g/mol. The van der Waals surface area contributed by atoms with E-state index in [9.17, 15) is 45.6 Å². The van der Waals surface area contributed by atoms with Crippen molar-refractivity contribution < 1.29 is 69.7 Å². The molecule has 45 heavy (non-hydrogen) atoms. The fourth-order valence-electron chi connectivity index (χ4n) is 6.56. The minimum atomic E-state index is -1.75. The van der Waals surface area contributed by atoms with Gasteiger partial charge in [0.15, 0.2) is 18.4 Å². The van der Waals surface area contributed by atoms with Gasteiger partial charge in [-0.15, -0.1) is 0 Å². The second-order valence-electron chi connectivity index (χ2n) is 12.8. The molecule has 4 rings (SSSR count). The average molecular weight is 655 g/mol. The van der Waals surface area contributed by atoms with Crippen LogP contribution in [0.2, 0.25) is 0 Å². The van der Waals surface area contributed by atoms with E-state index in [0.29, 0.717) is 13.0 Å². The molecule has 4 fully saturated rings. The highest BCUT2D eigenvalue weighted by Gasteiger charge is 2.54. The molecule has 0 aromatic carbocycles. The number of hydrogen-bond acceptors (Lipinski definition) is 18. The molecule has 262 valence electrons. The Labute approximate surface area is 260 Å². The largest absolute Gasteiger partial charge is 0.396 e. The summed E-state index contributed by atoms with van der Waals surface area (Å²) in [5.74, 6) is -1.41. The van der Waals surface area contributed by atoms with Crippen LogP contribution < -0.4 is 22.5 Å². The molecule has 1 unspecified atom stereocenters. The van der Waals surface area contributed by atoms with Gasteiger partial charge < -0.3 is 87.4 Å². The van der Waals surface area contributed by atoms with E-state index in [1.54, 1.807) is 0 Å². The third-order valence-electron chi connectivity index (χ3n) is 9.35. The van der Waals surface area contributed by atoms with Crippen LogP contribution in [0.5, 0.6) is 0 Å². The Kier molecular flexibility index (Phi) is 12.7. The molecule has 16 N–H and O–H groups in total. The highest BCUT2D eigenvalue weighted by molar-refractivity contribution is 5.88. The van der Waals surface area contributed by atoms with E-state index in [1.165, 1.54) is 0 Å². The Morgan fingerprint density at radius 2 is 1.44 bits per heavy atom. The molecule has 15 atom stereocenters. The predicted octanol–water partition coefficient (Wildman–Crippen LogP) is -7.18. The van der Waals surface area contributed by atoms with Gasteiger partial charge in [-0.3, -0.25) is 4.79 Å². The molecule has 2 saturated carbocycles. The van der Waals surface area contributed by atoms with Gasteiger partial charge in [0, 0.05) is 31.7 Å². The molecule has 18 heteroatoms. The molecular weight excluding hydrogens is 604 g/mol. The maximum Gasteiger partial charge on any atom is 0.187 e. The summed E-state index contributed by atoms with van der Waals surface area (Å²) in [6.45, 7) is -0.319. The summed E-state index contributed by atoms with van der Waals surface area (Å²) in [5.41, 5.74) is 16.5. The highest BCUT2D eigenvalue weighted by atomic mass is 16.7. The van der Waals surface area contributed by atoms with Gasteiger partial charge in [0.1, 0.15) is 60.5 Å². The van der Waals surface area contributed by atoms with Crippen molar-refractivity contribution in [3.63, 3.8) is 0 Å². The van der Waals surface area contributed by atoms with Crippen LogP contribution in [-0.4, -0.2) is 175 Å². The third kappa shape index (κ3) is 8.01. The minimum Gasteiger partial charge on any atom is -0.396 e. The van der Waals surface area contributed by atoms with E-state index in [4.69, 9.17) is 41.3 Å². The second kappa shape index (κ2) is 15.5. The molecule has 18 nitrogen and oxygen atoms in total. The molecule has 0 radical (unpaired) electrons. The van der Waals surface area contributed by atoms with Gasteiger partial charge in [-0.05, 0) is 38.1 Å². The van der Waals surface area contributed by atoms with Crippen molar-refractivity contribution in [3.8, 4) is 0 Å². The van der Waals surface area contributed by atoms with Crippen LogP contribution >= 0.6 is 0 Å². The number of rotatable bonds is 13. The van der Waals surface area contributed by atoms with E-state index < -0.39 is 110 Å².